The molecule has 0 aromatic carbocycles. The molecule has 0 aromatic heterocycles. The summed E-state index contributed by atoms with van der Waals surface area (Å²) in [5, 5.41) is 0. The highest BCUT2D eigenvalue weighted by molar-refractivity contribution is 6.57. The number of esters is 2. The maximum absolute atomic E-state index is 10.9. The Morgan fingerprint density at radius 3 is 2.07 bits per heavy atom. The molecule has 0 atom stereocenters. The molecule has 0 saturated heterocycles. The van der Waals surface area contributed by atoms with Crippen molar-refractivity contribution < 1.29 is 24.5 Å². The summed E-state index contributed by atoms with van der Waals surface area (Å²) in [4.78, 5) is 21.6. The minimum absolute atomic E-state index is 0. The molecular weight excluding hydrogens is 235 g/mol. The topological polar surface area (TPSA) is 84.1 Å². The van der Waals surface area contributed by atoms with Crippen molar-refractivity contribution in [3.05, 3.63) is 0 Å². The number of methoxy groups -OCH3 is 2. The predicted octanol–water partition coefficient (Wildman–Crippen LogP) is 0.462. The van der Waals surface area contributed by atoms with E-state index in [1.165, 1.54) is 14.2 Å². The number of hydrogen-bond donors (Lipinski definition) is 0. The average Bonchev–Trinajstić information content (AvgIpc) is 2.12. The van der Waals surface area contributed by atoms with Gasteiger partial charge in [-0.25, -0.2) is 4.79 Å². The summed E-state index contributed by atoms with van der Waals surface area (Å²) in [6, 6.07) is 0. The normalized spacial score (nSPS) is 10.0. The third-order valence-corrected chi connectivity index (χ3v) is 2.04. The van der Waals surface area contributed by atoms with Crippen molar-refractivity contribution in [2.75, 3.05) is 14.2 Å². The fourth-order valence-electron chi connectivity index (χ4n) is 0.612. The highest BCUT2D eigenvalue weighted by atomic mass is 35.5. The summed E-state index contributed by atoms with van der Waals surface area (Å²) in [5.74, 6) is -1.26. The van der Waals surface area contributed by atoms with Gasteiger partial charge in [0.1, 0.15) is 0 Å². The van der Waals surface area contributed by atoms with Crippen LogP contribution in [0.4, 0.5) is 0 Å². The van der Waals surface area contributed by atoms with Gasteiger partial charge in [-0.1, -0.05) is 23.2 Å². The number of carbonyl (C=O) groups excluding carboxylic acids is 2. The maximum Gasteiger partial charge on any atom is 0.342 e. The van der Waals surface area contributed by atoms with Crippen LogP contribution in [0.3, 0.4) is 0 Å². The maximum atomic E-state index is 10.9. The number of hydrogen-bond acceptors (Lipinski definition) is 4. The van der Waals surface area contributed by atoms with Crippen molar-refractivity contribution >= 4 is 35.1 Å². The Balaban J connectivity index is 0. The van der Waals surface area contributed by atoms with Crippen LogP contribution in [0.2, 0.25) is 0 Å². The second kappa shape index (κ2) is 6.86. The lowest BCUT2D eigenvalue weighted by Gasteiger charge is -2.15. The van der Waals surface area contributed by atoms with Crippen LogP contribution >= 0.6 is 23.2 Å². The zero-order chi connectivity index (χ0) is 10.5. The third-order valence-electron chi connectivity index (χ3n) is 1.35. The molecule has 0 aliphatic carbocycles. The first kappa shape index (κ1) is 15.9. The highest BCUT2D eigenvalue weighted by Gasteiger charge is 2.35. The lowest BCUT2D eigenvalue weighted by Crippen LogP contribution is -2.28. The zero-order valence-corrected chi connectivity index (χ0v) is 9.31. The van der Waals surface area contributed by atoms with Crippen molar-refractivity contribution in [1.29, 1.82) is 0 Å². The van der Waals surface area contributed by atoms with Gasteiger partial charge in [-0.05, 0) is 0 Å². The SMILES string of the molecule is COC(=O)CCC(Cl)(Cl)C(=O)OC.O. The Kier molecular flexibility index (Phi) is 7.81. The minimum Gasteiger partial charge on any atom is -0.469 e. The Morgan fingerprint density at radius 1 is 1.21 bits per heavy atom. The van der Waals surface area contributed by atoms with Crippen molar-refractivity contribution in [1.82, 2.24) is 0 Å². The molecule has 0 heterocycles. The number of ether oxygens (including phenoxy) is 2. The molecule has 0 unspecified atom stereocenters. The van der Waals surface area contributed by atoms with Gasteiger partial charge in [0.2, 0.25) is 4.33 Å². The van der Waals surface area contributed by atoms with E-state index >= 15 is 0 Å². The van der Waals surface area contributed by atoms with Gasteiger partial charge in [0.25, 0.3) is 0 Å². The molecule has 7 heteroatoms. The largest absolute Gasteiger partial charge is 0.469 e. The van der Waals surface area contributed by atoms with Crippen molar-refractivity contribution in [2.45, 2.75) is 17.2 Å². The van der Waals surface area contributed by atoms with E-state index in [2.05, 4.69) is 9.47 Å². The van der Waals surface area contributed by atoms with Crippen LogP contribution < -0.4 is 0 Å². The molecule has 84 valence electrons. The first-order valence-corrected chi connectivity index (χ1v) is 4.22. The van der Waals surface area contributed by atoms with Gasteiger partial charge in [-0.3, -0.25) is 4.79 Å². The highest BCUT2D eigenvalue weighted by Crippen LogP contribution is 2.28. The van der Waals surface area contributed by atoms with E-state index in [9.17, 15) is 9.59 Å². The standard InChI is InChI=1S/C7H10Cl2O4.H2O/c1-12-5(10)3-4-7(8,9)6(11)13-2;/h3-4H2,1-2H3;1H2. The van der Waals surface area contributed by atoms with Crippen molar-refractivity contribution in [2.24, 2.45) is 0 Å². The van der Waals surface area contributed by atoms with Gasteiger partial charge in [0.15, 0.2) is 0 Å². The average molecular weight is 247 g/mol. The van der Waals surface area contributed by atoms with Crippen molar-refractivity contribution in [3.8, 4) is 0 Å². The van der Waals surface area contributed by atoms with Crippen LogP contribution in [0.1, 0.15) is 12.8 Å². The molecule has 2 N–H and O–H groups in total. The van der Waals surface area contributed by atoms with E-state index in [1.54, 1.807) is 0 Å². The molecule has 5 nitrogen and oxygen atoms in total. The molecule has 0 fully saturated rings. The Morgan fingerprint density at radius 2 is 1.71 bits per heavy atom. The Hall–Kier alpha value is -0.520. The lowest BCUT2D eigenvalue weighted by molar-refractivity contribution is -0.143. The fourth-order valence-corrected chi connectivity index (χ4v) is 0.956. The number of rotatable bonds is 4. The first-order valence-electron chi connectivity index (χ1n) is 3.47. The molecule has 0 amide bonds. The summed E-state index contributed by atoms with van der Waals surface area (Å²) in [7, 11) is 2.41. The molecule has 0 rings (SSSR count). The second-order valence-electron chi connectivity index (χ2n) is 2.27. The lowest BCUT2D eigenvalue weighted by atomic mass is 10.2. The monoisotopic (exact) mass is 246 g/mol. The van der Waals surface area contributed by atoms with E-state index in [0.717, 1.165) is 0 Å². The van der Waals surface area contributed by atoms with Crippen molar-refractivity contribution in [3.63, 3.8) is 0 Å². The van der Waals surface area contributed by atoms with E-state index in [4.69, 9.17) is 23.2 Å². The van der Waals surface area contributed by atoms with E-state index in [0.29, 0.717) is 0 Å². The molecule has 0 aliphatic rings. The number of halogens is 2. The molecule has 0 aromatic rings. The second-order valence-corrected chi connectivity index (χ2v) is 3.76. The molecule has 0 bridgehead atoms. The molecular formula is C7H12Cl2O5. The fraction of sp³-hybridized carbons (Fsp3) is 0.714. The number of carbonyl (C=O) groups is 2. The molecule has 0 saturated carbocycles. The minimum atomic E-state index is -1.68. The van der Waals surface area contributed by atoms with Crippen LogP contribution in [-0.2, 0) is 19.1 Å². The summed E-state index contributed by atoms with van der Waals surface area (Å²) >= 11 is 11.1. The predicted molar refractivity (Wildman–Crippen MR) is 51.3 cm³/mol. The zero-order valence-electron chi connectivity index (χ0n) is 7.80. The van der Waals surface area contributed by atoms with E-state index < -0.39 is 16.3 Å². The van der Waals surface area contributed by atoms with Gasteiger partial charge >= 0.3 is 11.9 Å². The molecule has 0 radical (unpaired) electrons. The van der Waals surface area contributed by atoms with Gasteiger partial charge in [0, 0.05) is 12.8 Å². The third kappa shape index (κ3) is 5.26. The summed E-state index contributed by atoms with van der Waals surface area (Å²) in [6.45, 7) is 0. The smallest absolute Gasteiger partial charge is 0.342 e. The van der Waals surface area contributed by atoms with E-state index in [1.807, 2.05) is 0 Å². The molecule has 0 spiro atoms. The summed E-state index contributed by atoms with van der Waals surface area (Å²) < 4.78 is 7.00. The van der Waals surface area contributed by atoms with Gasteiger partial charge < -0.3 is 14.9 Å². The van der Waals surface area contributed by atoms with Crippen LogP contribution in [-0.4, -0.2) is 36.0 Å². The first-order chi connectivity index (χ1) is 5.94. The van der Waals surface area contributed by atoms with Gasteiger partial charge in [-0.2, -0.15) is 0 Å². The van der Waals surface area contributed by atoms with Crippen LogP contribution in [0.5, 0.6) is 0 Å². The molecule has 0 aliphatic heterocycles. The van der Waals surface area contributed by atoms with Crippen LogP contribution in [0.15, 0.2) is 0 Å². The quantitative estimate of drug-likeness (QED) is 0.533. The number of alkyl halides is 2. The van der Waals surface area contributed by atoms with Crippen LogP contribution in [0, 0.1) is 0 Å². The Bertz CT molecular complexity index is 204. The summed E-state index contributed by atoms with van der Waals surface area (Å²) in [6.07, 6.45) is -0.0615. The van der Waals surface area contributed by atoms with Gasteiger partial charge in [0.05, 0.1) is 14.2 Å². The van der Waals surface area contributed by atoms with Gasteiger partial charge in [-0.15, -0.1) is 0 Å². The summed E-state index contributed by atoms with van der Waals surface area (Å²) in [5.41, 5.74) is 0. The Labute approximate surface area is 91.6 Å². The molecule has 14 heavy (non-hydrogen) atoms. The van der Waals surface area contributed by atoms with Crippen LogP contribution in [0.25, 0.3) is 0 Å². The van der Waals surface area contributed by atoms with E-state index in [-0.39, 0.29) is 18.3 Å².